The molecule has 1 aromatic heterocycles. The van der Waals surface area contributed by atoms with Crippen molar-refractivity contribution in [1.82, 2.24) is 4.90 Å². The molecule has 3 aliphatic heterocycles. The molecule has 0 radical (unpaired) electrons. The average molecular weight is 1040 g/mol. The van der Waals surface area contributed by atoms with E-state index in [0.29, 0.717) is 48.4 Å². The molecule has 73 heavy (non-hydrogen) atoms. The van der Waals surface area contributed by atoms with Gasteiger partial charge in [-0.2, -0.15) is 0 Å². The van der Waals surface area contributed by atoms with Crippen LogP contribution >= 0.6 is 11.3 Å². The number of nitrogens with one attached hydrogen (secondary N) is 1. The van der Waals surface area contributed by atoms with Crippen LogP contribution in [-0.4, -0.2) is 172 Å². The van der Waals surface area contributed by atoms with Crippen molar-refractivity contribution in [3.8, 4) is 0 Å². The second-order valence-corrected chi connectivity index (χ2v) is 21.2. The lowest BCUT2D eigenvalue weighted by molar-refractivity contribution is -0.305. The molecule has 2 aromatic rings. The number of nitrogens with zero attached hydrogens (tertiary/aromatic N) is 2. The monoisotopic (exact) mass is 1040 g/mol. The molecule has 406 valence electrons. The minimum absolute atomic E-state index is 0.0279. The third kappa shape index (κ3) is 16.0. The summed E-state index contributed by atoms with van der Waals surface area (Å²) >= 11 is 1.28. The van der Waals surface area contributed by atoms with Crippen molar-refractivity contribution in [3.63, 3.8) is 0 Å². The molecule has 1 amide bonds. The Balaban J connectivity index is 1.30. The average Bonchev–Trinajstić information content (AvgIpc) is 3.84. The van der Waals surface area contributed by atoms with E-state index in [-0.39, 0.29) is 57.1 Å². The summed E-state index contributed by atoms with van der Waals surface area (Å²) in [4.78, 5) is 50.4. The van der Waals surface area contributed by atoms with Crippen molar-refractivity contribution in [2.24, 2.45) is 28.8 Å². The lowest BCUT2D eigenvalue weighted by Crippen LogP contribution is -2.63. The van der Waals surface area contributed by atoms with Gasteiger partial charge in [-0.1, -0.05) is 61.9 Å². The first kappa shape index (κ1) is 58.3. The smallest absolute Gasteiger partial charge is 0.308 e. The van der Waals surface area contributed by atoms with Gasteiger partial charge < -0.3 is 68.3 Å². The molecule has 1 aromatic carbocycles. The van der Waals surface area contributed by atoms with E-state index < -0.39 is 97.1 Å². The number of rotatable bonds is 14. The Morgan fingerprint density at radius 2 is 1.68 bits per heavy atom. The Kier molecular flexibility index (Phi) is 22.6. The summed E-state index contributed by atoms with van der Waals surface area (Å²) in [6.45, 7) is 9.70. The minimum Gasteiger partial charge on any atom is -0.462 e. The summed E-state index contributed by atoms with van der Waals surface area (Å²) in [7, 11) is 6.63. The van der Waals surface area contributed by atoms with Crippen LogP contribution in [0.1, 0.15) is 87.7 Å². The number of cyclic esters (lactones) is 1. The SMILES string of the molecule is CC[C@H]1OC(=O)C[C@H]2OC/C(=N/OCc3ccc(C(=O)Nc4ccccc4)s3)COCCC(C[C@@H](C)C(=O)/C=C/C(C)=C/[C@@H]1CO[C@@H]1CC[C@@H](O)[C@@H](OC)[C@H]1OC)[C@H](O[C@@H]1O[C@H](C)[C@@H](O)[C@H](N(C)C)[C@H]1O)[C@H]2C. The van der Waals surface area contributed by atoms with Crippen LogP contribution in [0.2, 0.25) is 0 Å². The number of aliphatic hydroxyl groups is 3. The quantitative estimate of drug-likeness (QED) is 0.131. The number of aliphatic hydroxyl groups excluding tert-OH is 3. The molecule has 4 heterocycles. The Hall–Kier alpha value is -3.96. The third-order valence-corrected chi connectivity index (χ3v) is 15.5. The number of fused-ring (bicyclic) bond motifs is 3. The molecular formula is C54H79N3O15S. The van der Waals surface area contributed by atoms with Crippen molar-refractivity contribution in [1.29, 1.82) is 0 Å². The first-order valence-corrected chi connectivity index (χ1v) is 26.4. The lowest BCUT2D eigenvalue weighted by atomic mass is 9.79. The second-order valence-electron chi connectivity index (χ2n) is 20.1. The molecule has 1 saturated carbocycles. The van der Waals surface area contributed by atoms with Gasteiger partial charge in [0.25, 0.3) is 5.91 Å². The fraction of sp³-hybridized carbons (Fsp3) is 0.667. The third-order valence-electron chi connectivity index (χ3n) is 14.5. The molecule has 18 nitrogen and oxygen atoms in total. The topological polar surface area (TPSA) is 223 Å². The molecule has 0 spiro atoms. The molecule has 2 bridgehead atoms. The zero-order valence-corrected chi connectivity index (χ0v) is 44.6. The Morgan fingerprint density at radius 3 is 2.40 bits per heavy atom. The maximum atomic E-state index is 14.5. The molecule has 1 aliphatic carbocycles. The Bertz CT molecular complexity index is 2150. The number of carbonyl (C=O) groups excluding carboxylic acids is 3. The van der Waals surface area contributed by atoms with Gasteiger partial charge in [-0.15, -0.1) is 11.3 Å². The van der Waals surface area contributed by atoms with Crippen molar-refractivity contribution in [2.45, 2.75) is 153 Å². The van der Waals surface area contributed by atoms with Crippen LogP contribution in [0.15, 0.2) is 71.4 Å². The number of anilines is 1. The summed E-state index contributed by atoms with van der Waals surface area (Å²) in [6, 6.07) is 12.0. The summed E-state index contributed by atoms with van der Waals surface area (Å²) < 4.78 is 50.4. The fourth-order valence-electron chi connectivity index (χ4n) is 10.3. The van der Waals surface area contributed by atoms with E-state index in [4.69, 9.17) is 42.7 Å². The molecule has 19 heteroatoms. The number of thiophene rings is 1. The maximum Gasteiger partial charge on any atom is 0.308 e. The highest BCUT2D eigenvalue weighted by Crippen LogP contribution is 2.36. The van der Waals surface area contributed by atoms with Crippen molar-refractivity contribution < 1.29 is 72.4 Å². The van der Waals surface area contributed by atoms with Gasteiger partial charge in [0.1, 0.15) is 30.1 Å². The highest BCUT2D eigenvalue weighted by atomic mass is 32.1. The zero-order valence-electron chi connectivity index (χ0n) is 43.8. The Morgan fingerprint density at radius 1 is 0.932 bits per heavy atom. The molecule has 4 N–H and O–H groups in total. The Labute approximate surface area is 434 Å². The molecule has 2 saturated heterocycles. The van der Waals surface area contributed by atoms with Gasteiger partial charge in [-0.05, 0) is 96.3 Å². The number of para-hydroxylation sites is 1. The molecule has 3 fully saturated rings. The fourth-order valence-corrected chi connectivity index (χ4v) is 11.1. The molecule has 1 unspecified atom stereocenters. The number of carbonyl (C=O) groups is 3. The predicted octanol–water partition coefficient (Wildman–Crippen LogP) is 5.72. The normalized spacial score (nSPS) is 36.2. The van der Waals surface area contributed by atoms with E-state index in [1.54, 1.807) is 51.2 Å². The molecular weight excluding hydrogens is 963 g/mol. The number of allylic oxidation sites excluding steroid dienone is 3. The summed E-state index contributed by atoms with van der Waals surface area (Å²) in [5.41, 5.74) is 1.87. The molecule has 16 atom stereocenters. The highest BCUT2D eigenvalue weighted by Gasteiger charge is 2.48. The summed E-state index contributed by atoms with van der Waals surface area (Å²) in [6.07, 6.45) is -1.42. The first-order valence-electron chi connectivity index (χ1n) is 25.6. The number of hydrogen-bond acceptors (Lipinski definition) is 18. The molecule has 6 rings (SSSR count). The van der Waals surface area contributed by atoms with E-state index in [1.807, 2.05) is 70.2 Å². The van der Waals surface area contributed by atoms with Gasteiger partial charge >= 0.3 is 5.97 Å². The highest BCUT2D eigenvalue weighted by molar-refractivity contribution is 7.14. The van der Waals surface area contributed by atoms with Crippen molar-refractivity contribution in [3.05, 3.63) is 76.0 Å². The van der Waals surface area contributed by atoms with Crippen molar-refractivity contribution >= 4 is 40.4 Å². The van der Waals surface area contributed by atoms with Crippen LogP contribution in [0.3, 0.4) is 0 Å². The number of benzene rings is 1. The van der Waals surface area contributed by atoms with Crippen LogP contribution in [-0.2, 0) is 58.9 Å². The van der Waals surface area contributed by atoms with E-state index in [0.717, 1.165) is 10.5 Å². The van der Waals surface area contributed by atoms with Gasteiger partial charge in [0.2, 0.25) is 0 Å². The van der Waals surface area contributed by atoms with Gasteiger partial charge in [-0.25, -0.2) is 0 Å². The second kappa shape index (κ2) is 28.3. The van der Waals surface area contributed by atoms with Crippen LogP contribution in [0.4, 0.5) is 5.69 Å². The van der Waals surface area contributed by atoms with Crippen LogP contribution in [0.5, 0.6) is 0 Å². The van der Waals surface area contributed by atoms with Crippen LogP contribution in [0.25, 0.3) is 0 Å². The maximum absolute atomic E-state index is 14.5. The largest absolute Gasteiger partial charge is 0.462 e. The minimum atomic E-state index is -1.27. The van der Waals surface area contributed by atoms with Gasteiger partial charge in [0.05, 0.1) is 73.8 Å². The van der Waals surface area contributed by atoms with E-state index in [1.165, 1.54) is 18.4 Å². The zero-order chi connectivity index (χ0) is 52.8. The number of esters is 1. The predicted molar refractivity (Wildman–Crippen MR) is 274 cm³/mol. The number of ether oxygens (including phenoxy) is 8. The number of oxime groups is 1. The summed E-state index contributed by atoms with van der Waals surface area (Å²) in [5.74, 6) is -2.78. The van der Waals surface area contributed by atoms with Crippen molar-refractivity contribution in [2.75, 3.05) is 60.1 Å². The summed E-state index contributed by atoms with van der Waals surface area (Å²) in [5, 5.41) is 40.9. The number of amides is 1. The number of likely N-dealkylation sites (N-methyl/N-ethyl adjacent to an activating group) is 1. The van der Waals surface area contributed by atoms with Gasteiger partial charge in [-0.3, -0.25) is 14.4 Å². The first-order chi connectivity index (χ1) is 35.0. The number of hydrogen-bond donors (Lipinski definition) is 4. The number of ketones is 1. The number of methoxy groups -OCH3 is 2. The molecule has 4 aliphatic rings. The van der Waals surface area contributed by atoms with E-state index in [9.17, 15) is 29.7 Å². The lowest BCUT2D eigenvalue weighted by Gasteiger charge is -2.47. The standard InChI is InChI=1S/C54H79N3O15S/c1-10-42-36(27-67-43-20-19-41(59)51(64-8)52(43)65-9)24-31(2)16-18-40(58)32(3)25-35-22-23-66-28-38(56-69-30-39-17-21-45(73-39)53(63)55-37-14-12-11-13-15-37)29-68-44(26-46(60)71-42)33(4)50(35)72-54-49(62)47(57(6)7)48(61)34(5)70-54/h11-18,21,24,32-36,41-44,47-52,54,59,61-62H,10,19-20,22-23,25-30H2,1-9H3,(H,55,63)/b18-16+,31-24+,56-38+/t32-,33+,34-,35?,36-,41-,42-,43-,44-,47+,48-,49-,50-,51-,52+,54+/m1/s1. The van der Waals surface area contributed by atoms with Crippen LogP contribution in [0, 0.1) is 23.7 Å². The van der Waals surface area contributed by atoms with Gasteiger partial charge in [0.15, 0.2) is 18.7 Å². The van der Waals surface area contributed by atoms with E-state index in [2.05, 4.69) is 10.5 Å². The van der Waals surface area contributed by atoms with Crippen LogP contribution < -0.4 is 5.32 Å². The van der Waals surface area contributed by atoms with Gasteiger partial charge in [0, 0.05) is 49.1 Å². The van der Waals surface area contributed by atoms with E-state index >= 15 is 0 Å².